The number of benzene rings is 1. The van der Waals surface area contributed by atoms with Gasteiger partial charge in [0, 0.05) is 5.56 Å². The van der Waals surface area contributed by atoms with Crippen LogP contribution in [0.3, 0.4) is 0 Å². The minimum absolute atomic E-state index is 0.571. The summed E-state index contributed by atoms with van der Waals surface area (Å²) < 4.78 is 0. The molecule has 0 aliphatic carbocycles. The minimum Gasteiger partial charge on any atom is -0.391 e. The van der Waals surface area contributed by atoms with E-state index in [4.69, 9.17) is 4.84 Å². The van der Waals surface area contributed by atoms with Gasteiger partial charge in [0.05, 0.1) is 0 Å². The minimum atomic E-state index is 0.571. The van der Waals surface area contributed by atoms with E-state index >= 15 is 0 Å². The Bertz CT molecular complexity index is 272. The fraction of sp³-hybridized carbons (Fsp3) is 0. The molecule has 0 atom stereocenters. The molecule has 1 aliphatic rings. The van der Waals surface area contributed by atoms with E-state index in [9.17, 15) is 0 Å². The summed E-state index contributed by atoms with van der Waals surface area (Å²) in [6, 6.07) is 7.96. The number of nitrogens with one attached hydrogen (secondary N) is 1. The zero-order valence-electron chi connectivity index (χ0n) is 5.29. The number of fused-ring (bicyclic) bond motifs is 1. The van der Waals surface area contributed by atoms with Gasteiger partial charge in [-0.2, -0.15) is 0 Å². The molecule has 1 radical (unpaired) electrons. The van der Waals surface area contributed by atoms with E-state index in [0.717, 1.165) is 5.75 Å². The molecule has 0 saturated heterocycles. The Morgan fingerprint density at radius 3 is 3.10 bits per heavy atom. The Morgan fingerprint density at radius 1 is 1.30 bits per heavy atom. The van der Waals surface area contributed by atoms with Crippen LogP contribution in [-0.4, -0.2) is 15.0 Å². The molecule has 1 aliphatic heterocycles. The van der Waals surface area contributed by atoms with Gasteiger partial charge >= 0.3 is 0 Å². The molecule has 1 aromatic rings. The van der Waals surface area contributed by atoms with E-state index in [1.165, 1.54) is 5.56 Å². The third-order valence-corrected chi connectivity index (χ3v) is 2.04. The highest BCUT2D eigenvalue weighted by Gasteiger charge is 2.01. The summed E-state index contributed by atoms with van der Waals surface area (Å²) in [5.74, 6) is 0.918. The van der Waals surface area contributed by atoms with E-state index in [-0.39, 0.29) is 0 Å². The van der Waals surface area contributed by atoms with Crippen LogP contribution < -0.4 is 9.98 Å². The van der Waals surface area contributed by atoms with Gasteiger partial charge in [0.15, 0.2) is 5.75 Å². The fourth-order valence-corrected chi connectivity index (χ4v) is 1.51. The topological polar surface area (TPSA) is 21.3 Å². The van der Waals surface area contributed by atoms with Crippen LogP contribution in [0.5, 0.6) is 5.75 Å². The van der Waals surface area contributed by atoms with Crippen molar-refractivity contribution in [1.82, 2.24) is 5.15 Å². The summed E-state index contributed by atoms with van der Waals surface area (Å²) in [5, 5.41) is 2.81. The summed E-state index contributed by atoms with van der Waals surface area (Å²) >= 11 is 0. The Hall–Kier alpha value is -1.09. The predicted molar refractivity (Wildman–Crippen MR) is 41.1 cm³/mol. The molecule has 3 heteroatoms. The van der Waals surface area contributed by atoms with E-state index in [1.54, 1.807) is 0 Å². The van der Waals surface area contributed by atoms with Crippen molar-refractivity contribution in [1.29, 1.82) is 0 Å². The molecule has 49 valence electrons. The maximum atomic E-state index is 5.15. The predicted octanol–water partition coefficient (Wildman–Crippen LogP) is 0.353. The van der Waals surface area contributed by atoms with Gasteiger partial charge in [-0.1, -0.05) is 18.2 Å². The lowest BCUT2D eigenvalue weighted by Crippen LogP contribution is -2.24. The van der Waals surface area contributed by atoms with Gasteiger partial charge in [-0.15, -0.1) is 0 Å². The molecule has 1 N–H and O–H groups in total. The van der Waals surface area contributed by atoms with Crippen molar-refractivity contribution in [2.75, 3.05) is 0 Å². The van der Waals surface area contributed by atoms with Crippen molar-refractivity contribution in [2.45, 2.75) is 0 Å². The SMILES string of the molecule is C1=[Si]NOc2ccccc21. The molecule has 0 amide bonds. The molecule has 2 nitrogen and oxygen atoms in total. The highest BCUT2D eigenvalue weighted by molar-refractivity contribution is 6.48. The third-order valence-electron chi connectivity index (χ3n) is 1.37. The Labute approximate surface area is 61.3 Å². The number of para-hydroxylation sites is 1. The lowest BCUT2D eigenvalue weighted by atomic mass is 10.2. The standard InChI is InChI=1S/C7H6NOSi/c1-2-4-7-6(3-1)5-10-8-9-7/h1-5,8H. The van der Waals surface area contributed by atoms with Crippen molar-refractivity contribution >= 4 is 15.0 Å². The van der Waals surface area contributed by atoms with Crippen molar-refractivity contribution < 1.29 is 4.84 Å². The lowest BCUT2D eigenvalue weighted by molar-refractivity contribution is 0.274. The molecule has 0 bridgehead atoms. The summed E-state index contributed by atoms with van der Waals surface area (Å²) in [6.07, 6.45) is 0. The molecule has 1 heterocycles. The van der Waals surface area contributed by atoms with Gasteiger partial charge in [-0.3, -0.25) is 5.15 Å². The Kier molecular flexibility index (Phi) is 1.28. The van der Waals surface area contributed by atoms with E-state index < -0.39 is 0 Å². The van der Waals surface area contributed by atoms with Crippen molar-refractivity contribution in [3.05, 3.63) is 29.8 Å². The average Bonchev–Trinajstić information content (AvgIpc) is 2.05. The number of hydrogen-bond donors (Lipinski definition) is 1. The van der Waals surface area contributed by atoms with E-state index in [0.29, 0.717) is 9.29 Å². The highest BCUT2D eigenvalue weighted by Crippen LogP contribution is 2.14. The molecule has 2 rings (SSSR count). The third kappa shape index (κ3) is 0.843. The summed E-state index contributed by atoms with van der Waals surface area (Å²) in [5.41, 5.74) is 3.30. The van der Waals surface area contributed by atoms with Gasteiger partial charge in [-0.25, -0.2) is 0 Å². The molecule has 0 fully saturated rings. The fourth-order valence-electron chi connectivity index (χ4n) is 0.884. The van der Waals surface area contributed by atoms with Gasteiger partial charge in [-0.05, 0) is 11.7 Å². The summed E-state index contributed by atoms with van der Waals surface area (Å²) in [4.78, 5) is 5.15. The van der Waals surface area contributed by atoms with Crippen LogP contribution in [-0.2, 0) is 0 Å². The van der Waals surface area contributed by atoms with Crippen molar-refractivity contribution in [3.8, 4) is 5.75 Å². The molecule has 0 spiro atoms. The zero-order valence-corrected chi connectivity index (χ0v) is 6.29. The quantitative estimate of drug-likeness (QED) is 0.536. The maximum Gasteiger partial charge on any atom is 0.201 e. The van der Waals surface area contributed by atoms with E-state index in [2.05, 4.69) is 10.8 Å². The molecule has 0 saturated carbocycles. The first-order valence-electron chi connectivity index (χ1n) is 3.06. The molecular weight excluding hydrogens is 142 g/mol. The Morgan fingerprint density at radius 2 is 2.20 bits per heavy atom. The van der Waals surface area contributed by atoms with Crippen LogP contribution >= 0.6 is 0 Å². The highest BCUT2D eigenvalue weighted by atomic mass is 28.2. The lowest BCUT2D eigenvalue weighted by Gasteiger charge is -2.10. The summed E-state index contributed by atoms with van der Waals surface area (Å²) in [6.45, 7) is 0. The smallest absolute Gasteiger partial charge is 0.201 e. The van der Waals surface area contributed by atoms with Crippen molar-refractivity contribution in [3.63, 3.8) is 0 Å². The van der Waals surface area contributed by atoms with Crippen LogP contribution in [0.25, 0.3) is 0 Å². The molecule has 1 aromatic carbocycles. The first-order valence-corrected chi connectivity index (χ1v) is 4.14. The first kappa shape index (κ1) is 5.67. The van der Waals surface area contributed by atoms with Crippen LogP contribution in [0.1, 0.15) is 5.56 Å². The second-order valence-electron chi connectivity index (χ2n) is 2.03. The molecule has 10 heavy (non-hydrogen) atoms. The van der Waals surface area contributed by atoms with Crippen LogP contribution in [0.15, 0.2) is 24.3 Å². The monoisotopic (exact) mass is 148 g/mol. The number of hydrogen-bond acceptors (Lipinski definition) is 2. The van der Waals surface area contributed by atoms with Gasteiger partial charge in [0.25, 0.3) is 0 Å². The van der Waals surface area contributed by atoms with Crippen LogP contribution in [0.4, 0.5) is 0 Å². The van der Waals surface area contributed by atoms with E-state index in [1.807, 2.05) is 24.3 Å². The normalized spacial score (nSPS) is 13.2. The zero-order chi connectivity index (χ0) is 6.81. The molecule has 0 aromatic heterocycles. The van der Waals surface area contributed by atoms with Crippen LogP contribution in [0, 0.1) is 0 Å². The second kappa shape index (κ2) is 2.26. The summed E-state index contributed by atoms with van der Waals surface area (Å²) in [7, 11) is 0.571. The van der Waals surface area contributed by atoms with Gasteiger partial charge in [0.1, 0.15) is 0 Å². The first-order chi connectivity index (χ1) is 4.97. The Balaban J connectivity index is 2.54. The molecule has 0 unspecified atom stereocenters. The van der Waals surface area contributed by atoms with Gasteiger partial charge < -0.3 is 4.84 Å². The second-order valence-corrected chi connectivity index (χ2v) is 2.81. The number of rotatable bonds is 0. The average molecular weight is 148 g/mol. The largest absolute Gasteiger partial charge is 0.391 e. The van der Waals surface area contributed by atoms with Crippen molar-refractivity contribution in [2.24, 2.45) is 0 Å². The van der Waals surface area contributed by atoms with Crippen LogP contribution in [0.2, 0.25) is 0 Å². The maximum absolute atomic E-state index is 5.15. The van der Waals surface area contributed by atoms with Gasteiger partial charge in [0.2, 0.25) is 9.29 Å². The molecular formula is C7H6NOSi.